The molecule has 1 saturated heterocycles. The second-order valence-electron chi connectivity index (χ2n) is 9.70. The van der Waals surface area contributed by atoms with Crippen molar-refractivity contribution in [2.24, 2.45) is 0 Å². The average Bonchev–Trinajstić information content (AvgIpc) is 3.21. The largest absolute Gasteiger partial charge is 0.340 e. The van der Waals surface area contributed by atoms with Gasteiger partial charge >= 0.3 is 0 Å². The van der Waals surface area contributed by atoms with E-state index in [-0.39, 0.29) is 30.0 Å². The fourth-order valence-electron chi connectivity index (χ4n) is 4.93. The van der Waals surface area contributed by atoms with Gasteiger partial charge in [0.05, 0.1) is 17.6 Å². The van der Waals surface area contributed by atoms with Crippen molar-refractivity contribution in [1.82, 2.24) is 24.9 Å². The summed E-state index contributed by atoms with van der Waals surface area (Å²) in [5.74, 6) is -1.94. The molecule has 11 heteroatoms. The van der Waals surface area contributed by atoms with Crippen LogP contribution in [0.2, 0.25) is 0 Å². The highest BCUT2D eigenvalue weighted by Crippen LogP contribution is 2.24. The molecule has 10 nitrogen and oxygen atoms in total. The van der Waals surface area contributed by atoms with Gasteiger partial charge in [0, 0.05) is 24.2 Å². The van der Waals surface area contributed by atoms with Gasteiger partial charge in [-0.1, -0.05) is 54.6 Å². The van der Waals surface area contributed by atoms with Gasteiger partial charge in [0.2, 0.25) is 0 Å². The van der Waals surface area contributed by atoms with Crippen LogP contribution in [0.1, 0.15) is 28.8 Å². The van der Waals surface area contributed by atoms with Crippen molar-refractivity contribution in [1.29, 1.82) is 0 Å². The number of pyridine rings is 2. The first-order valence-corrected chi connectivity index (χ1v) is 14.7. The van der Waals surface area contributed by atoms with Crippen molar-refractivity contribution in [2.75, 3.05) is 13.1 Å². The molecule has 1 aliphatic rings. The zero-order valence-electron chi connectivity index (χ0n) is 22.1. The molecule has 210 valence electrons. The Morgan fingerprint density at radius 3 is 2.49 bits per heavy atom. The summed E-state index contributed by atoms with van der Waals surface area (Å²) in [6.07, 6.45) is 3.50. The number of carbonyl (C=O) groups excluding carboxylic acids is 3. The molecule has 1 fully saturated rings. The lowest BCUT2D eigenvalue weighted by atomic mass is 10.0. The summed E-state index contributed by atoms with van der Waals surface area (Å²) in [5.41, 5.74) is 1.38. The number of nitrogens with one attached hydrogen (secondary N) is 2. The van der Waals surface area contributed by atoms with E-state index in [1.165, 1.54) is 18.3 Å². The number of fused-ring (bicyclic) bond motifs is 1. The molecular weight excluding hydrogens is 542 g/mol. The van der Waals surface area contributed by atoms with Crippen molar-refractivity contribution in [3.8, 4) is 0 Å². The van der Waals surface area contributed by atoms with Gasteiger partial charge in [0.1, 0.15) is 12.1 Å². The van der Waals surface area contributed by atoms with Gasteiger partial charge in [-0.15, -0.1) is 0 Å². The molecule has 0 saturated carbocycles. The number of hydrogen-bond donors (Lipinski definition) is 2. The molecule has 0 aliphatic carbocycles. The lowest BCUT2D eigenvalue weighted by molar-refractivity contribution is -0.135. The fourth-order valence-corrected chi connectivity index (χ4v) is 6.49. The molecule has 0 spiro atoms. The average molecular weight is 572 g/mol. The van der Waals surface area contributed by atoms with Crippen LogP contribution in [0.3, 0.4) is 0 Å². The third-order valence-electron chi connectivity index (χ3n) is 6.93. The number of aromatic nitrogens is 2. The summed E-state index contributed by atoms with van der Waals surface area (Å²) < 4.78 is 28.6. The lowest BCUT2D eigenvalue weighted by Crippen LogP contribution is -2.57. The number of sulfonamides is 1. The molecule has 2 atom stereocenters. The molecule has 41 heavy (non-hydrogen) atoms. The Balaban J connectivity index is 1.58. The Kier molecular flexibility index (Phi) is 8.46. The van der Waals surface area contributed by atoms with Gasteiger partial charge in [-0.3, -0.25) is 19.4 Å². The summed E-state index contributed by atoms with van der Waals surface area (Å²) in [4.78, 5) is 49.5. The van der Waals surface area contributed by atoms with Gasteiger partial charge in [-0.25, -0.2) is 9.29 Å². The predicted octanol–water partition coefficient (Wildman–Crippen LogP) is 2.51. The van der Waals surface area contributed by atoms with Crippen molar-refractivity contribution in [2.45, 2.75) is 36.4 Å². The van der Waals surface area contributed by atoms with Crippen LogP contribution in [0.15, 0.2) is 96.3 Å². The first-order chi connectivity index (χ1) is 19.9. The van der Waals surface area contributed by atoms with E-state index in [2.05, 4.69) is 20.6 Å². The van der Waals surface area contributed by atoms with E-state index in [1.807, 2.05) is 18.2 Å². The number of nitrogens with zero attached hydrogens (tertiary/aromatic N) is 3. The van der Waals surface area contributed by atoms with Crippen LogP contribution in [0.25, 0.3) is 10.9 Å². The van der Waals surface area contributed by atoms with E-state index in [1.54, 1.807) is 54.7 Å². The third kappa shape index (κ3) is 6.16. The number of rotatable bonds is 8. The topological polar surface area (TPSA) is 138 Å². The minimum Gasteiger partial charge on any atom is -0.340 e. The first-order valence-electron chi connectivity index (χ1n) is 13.3. The molecule has 0 radical (unpaired) electrons. The van der Waals surface area contributed by atoms with Crippen LogP contribution in [0.4, 0.5) is 0 Å². The first kappa shape index (κ1) is 28.1. The summed E-state index contributed by atoms with van der Waals surface area (Å²) in [5, 5.41) is 6.12. The number of Topliss-reactive ketones (excluding diaryl/α,β-unsaturated/α-hetero) is 1. The van der Waals surface area contributed by atoms with Gasteiger partial charge in [0.25, 0.3) is 21.8 Å². The zero-order chi connectivity index (χ0) is 28.8. The van der Waals surface area contributed by atoms with E-state index in [4.69, 9.17) is 0 Å². The molecular formula is C30H29N5O5S. The molecule has 1 unspecified atom stereocenters. The smallest absolute Gasteiger partial charge is 0.284 e. The molecule has 2 amide bonds. The number of amides is 2. The summed E-state index contributed by atoms with van der Waals surface area (Å²) in [6, 6.07) is 19.4. The maximum absolute atomic E-state index is 14.4. The van der Waals surface area contributed by atoms with E-state index < -0.39 is 39.7 Å². The third-order valence-corrected chi connectivity index (χ3v) is 8.65. The highest BCUT2D eigenvalue weighted by atomic mass is 32.2. The Morgan fingerprint density at radius 2 is 1.71 bits per heavy atom. The molecule has 3 heterocycles. The van der Waals surface area contributed by atoms with Crippen molar-refractivity contribution >= 4 is 38.5 Å². The standard InChI is InChI=1S/C30H29N5O5S/c36-26-20-31-16-8-14-25(26)35(41(39,40)27-15-4-5-17-32-27)30(38)24(19-21-9-2-1-3-10-21)34-29(37)23-13-6-11-22-12-7-18-33-28(22)23/h1-7,9-13,15,17-18,24-25,31H,8,14,16,19-20H2,(H,34,37)/t24?,25-/m0/s1. The van der Waals surface area contributed by atoms with Gasteiger partial charge in [0.15, 0.2) is 10.8 Å². The van der Waals surface area contributed by atoms with E-state index in [0.29, 0.717) is 28.4 Å². The van der Waals surface area contributed by atoms with E-state index in [0.717, 1.165) is 5.39 Å². The molecule has 4 aromatic rings. The van der Waals surface area contributed by atoms with Crippen LogP contribution < -0.4 is 10.6 Å². The molecule has 0 bridgehead atoms. The molecule has 2 aromatic heterocycles. The SMILES string of the molecule is O=C(NC(Cc1ccccc1)C(=O)N([C@H]1CCCNCC1=O)S(=O)(=O)c1ccccn1)c1cccc2cccnc12. The van der Waals surface area contributed by atoms with Crippen molar-refractivity contribution < 1.29 is 22.8 Å². The van der Waals surface area contributed by atoms with E-state index in [9.17, 15) is 22.8 Å². The van der Waals surface area contributed by atoms with Crippen molar-refractivity contribution in [3.63, 3.8) is 0 Å². The number of para-hydroxylation sites is 1. The second-order valence-corrected chi connectivity index (χ2v) is 11.5. The summed E-state index contributed by atoms with van der Waals surface area (Å²) in [6.45, 7) is 0.426. The Bertz CT molecular complexity index is 1660. The van der Waals surface area contributed by atoms with Crippen LogP contribution in [0.5, 0.6) is 0 Å². The number of carbonyl (C=O) groups is 3. The summed E-state index contributed by atoms with van der Waals surface area (Å²) >= 11 is 0. The number of benzene rings is 2. The molecule has 5 rings (SSSR count). The monoisotopic (exact) mass is 571 g/mol. The van der Waals surface area contributed by atoms with Crippen LogP contribution in [-0.4, -0.2) is 65.5 Å². The fraction of sp³-hybridized carbons (Fsp3) is 0.233. The van der Waals surface area contributed by atoms with Gasteiger partial charge in [-0.05, 0) is 49.2 Å². The zero-order valence-corrected chi connectivity index (χ0v) is 23.0. The Labute approximate surface area is 237 Å². The maximum Gasteiger partial charge on any atom is 0.284 e. The van der Waals surface area contributed by atoms with E-state index >= 15 is 0 Å². The van der Waals surface area contributed by atoms with Gasteiger partial charge < -0.3 is 10.6 Å². The molecule has 2 aromatic carbocycles. The number of ketones is 1. The maximum atomic E-state index is 14.4. The lowest BCUT2D eigenvalue weighted by Gasteiger charge is -2.32. The highest BCUT2D eigenvalue weighted by Gasteiger charge is 2.43. The Morgan fingerprint density at radius 1 is 0.951 bits per heavy atom. The minimum atomic E-state index is -4.56. The molecule has 1 aliphatic heterocycles. The van der Waals surface area contributed by atoms with Crippen LogP contribution in [-0.2, 0) is 26.0 Å². The molecule has 2 N–H and O–H groups in total. The predicted molar refractivity (Wildman–Crippen MR) is 152 cm³/mol. The van der Waals surface area contributed by atoms with Gasteiger partial charge in [-0.2, -0.15) is 8.42 Å². The highest BCUT2D eigenvalue weighted by molar-refractivity contribution is 7.89. The van der Waals surface area contributed by atoms with Crippen molar-refractivity contribution in [3.05, 3.63) is 102 Å². The normalized spacial score (nSPS) is 16.5. The second kappa shape index (κ2) is 12.4. The van der Waals surface area contributed by atoms with Crippen LogP contribution >= 0.6 is 0 Å². The summed E-state index contributed by atoms with van der Waals surface area (Å²) in [7, 11) is -4.56. The minimum absolute atomic E-state index is 0.00297. The quantitative estimate of drug-likeness (QED) is 0.329. The van der Waals surface area contributed by atoms with Crippen LogP contribution in [0, 0.1) is 0 Å². The Hall–Kier alpha value is -4.48. The number of hydrogen-bond acceptors (Lipinski definition) is 8.